The number of hydrogen-bond donors (Lipinski definition) is 1. The van der Waals surface area contributed by atoms with E-state index in [0.717, 1.165) is 50.9 Å². The van der Waals surface area contributed by atoms with Crippen LogP contribution in [-0.4, -0.2) is 28.7 Å². The van der Waals surface area contributed by atoms with Gasteiger partial charge in [0, 0.05) is 18.2 Å². The predicted octanol–water partition coefficient (Wildman–Crippen LogP) is 2.26. The topological polar surface area (TPSA) is 46.9 Å². The molecule has 18 heavy (non-hydrogen) atoms. The van der Waals surface area contributed by atoms with Gasteiger partial charge in [-0.05, 0) is 39.3 Å². The molecular weight excluding hydrogens is 226 g/mol. The minimum Gasteiger partial charge on any atom is -0.317 e. The zero-order chi connectivity index (χ0) is 13.0. The molecule has 2 rings (SSSR count). The SMILES string of the molecule is CCCC1(C(=O)c2cnn(CC)c2)CCNCC1. The minimum absolute atomic E-state index is 0.151. The molecule has 4 heteroatoms. The van der Waals surface area contributed by atoms with Crippen molar-refractivity contribution in [1.29, 1.82) is 0 Å². The van der Waals surface area contributed by atoms with Gasteiger partial charge in [0.1, 0.15) is 0 Å². The lowest BCUT2D eigenvalue weighted by Gasteiger charge is -2.35. The van der Waals surface area contributed by atoms with Gasteiger partial charge in [0.25, 0.3) is 0 Å². The first kappa shape index (κ1) is 13.3. The summed E-state index contributed by atoms with van der Waals surface area (Å²) < 4.78 is 1.83. The molecule has 0 bridgehead atoms. The van der Waals surface area contributed by atoms with Crippen molar-refractivity contribution >= 4 is 5.78 Å². The van der Waals surface area contributed by atoms with Crippen LogP contribution in [0, 0.1) is 5.41 Å². The molecule has 0 aromatic carbocycles. The molecule has 0 spiro atoms. The Balaban J connectivity index is 2.21. The summed E-state index contributed by atoms with van der Waals surface area (Å²) in [5.74, 6) is 0.297. The first-order valence-electron chi connectivity index (χ1n) is 7.00. The highest BCUT2D eigenvalue weighted by molar-refractivity contribution is 6.00. The summed E-state index contributed by atoms with van der Waals surface area (Å²) in [7, 11) is 0. The highest BCUT2D eigenvalue weighted by Crippen LogP contribution is 2.37. The third kappa shape index (κ3) is 2.48. The van der Waals surface area contributed by atoms with Crippen LogP contribution < -0.4 is 5.32 Å². The van der Waals surface area contributed by atoms with Crippen LogP contribution in [0.25, 0.3) is 0 Å². The molecule has 1 aromatic heterocycles. The maximum Gasteiger partial charge on any atom is 0.172 e. The Morgan fingerprint density at radius 2 is 2.17 bits per heavy atom. The van der Waals surface area contributed by atoms with Crippen molar-refractivity contribution in [1.82, 2.24) is 15.1 Å². The number of hydrogen-bond acceptors (Lipinski definition) is 3. The average molecular weight is 249 g/mol. The van der Waals surface area contributed by atoms with Gasteiger partial charge < -0.3 is 5.32 Å². The van der Waals surface area contributed by atoms with Gasteiger partial charge in [-0.2, -0.15) is 5.10 Å². The van der Waals surface area contributed by atoms with Crippen LogP contribution in [0.3, 0.4) is 0 Å². The molecule has 1 aliphatic heterocycles. The van der Waals surface area contributed by atoms with Gasteiger partial charge >= 0.3 is 0 Å². The van der Waals surface area contributed by atoms with Crippen LogP contribution in [0.5, 0.6) is 0 Å². The average Bonchev–Trinajstić information content (AvgIpc) is 2.88. The Labute approximate surface area is 109 Å². The van der Waals surface area contributed by atoms with Gasteiger partial charge in [0.15, 0.2) is 5.78 Å². The molecule has 1 saturated heterocycles. The fourth-order valence-corrected chi connectivity index (χ4v) is 2.93. The van der Waals surface area contributed by atoms with Crippen molar-refractivity contribution in [2.45, 2.75) is 46.1 Å². The second-order valence-corrected chi connectivity index (χ2v) is 5.19. The summed E-state index contributed by atoms with van der Waals surface area (Å²) in [6.07, 6.45) is 7.58. The lowest BCUT2D eigenvalue weighted by atomic mass is 9.70. The summed E-state index contributed by atoms with van der Waals surface area (Å²) in [6.45, 7) is 6.91. The lowest BCUT2D eigenvalue weighted by Crippen LogP contribution is -2.42. The second kappa shape index (κ2) is 5.65. The normalized spacial score (nSPS) is 18.8. The number of piperidine rings is 1. The molecule has 0 unspecified atom stereocenters. The number of aromatic nitrogens is 2. The van der Waals surface area contributed by atoms with Gasteiger partial charge in [0.2, 0.25) is 0 Å². The molecule has 1 aromatic rings. The van der Waals surface area contributed by atoms with Crippen LogP contribution in [0.1, 0.15) is 49.9 Å². The third-order valence-electron chi connectivity index (χ3n) is 3.99. The molecule has 0 radical (unpaired) electrons. The van der Waals surface area contributed by atoms with Crippen molar-refractivity contribution in [3.8, 4) is 0 Å². The van der Waals surface area contributed by atoms with E-state index in [0.29, 0.717) is 5.78 Å². The van der Waals surface area contributed by atoms with Crippen LogP contribution in [0.15, 0.2) is 12.4 Å². The zero-order valence-electron chi connectivity index (χ0n) is 11.4. The monoisotopic (exact) mass is 249 g/mol. The Kier molecular flexibility index (Phi) is 4.17. The zero-order valence-corrected chi connectivity index (χ0v) is 11.4. The number of nitrogens with one attached hydrogen (secondary N) is 1. The number of rotatable bonds is 5. The first-order valence-corrected chi connectivity index (χ1v) is 7.00. The fourth-order valence-electron chi connectivity index (χ4n) is 2.93. The van der Waals surface area contributed by atoms with Gasteiger partial charge in [-0.15, -0.1) is 0 Å². The number of Topliss-reactive ketones (excluding diaryl/α,β-unsaturated/α-hetero) is 1. The quantitative estimate of drug-likeness (QED) is 0.814. The molecule has 0 aliphatic carbocycles. The molecule has 4 nitrogen and oxygen atoms in total. The molecule has 1 N–H and O–H groups in total. The maximum absolute atomic E-state index is 12.8. The summed E-state index contributed by atoms with van der Waals surface area (Å²) in [4.78, 5) is 12.8. The standard InChI is InChI=1S/C14H23N3O/c1-3-5-14(6-8-15-9-7-14)13(18)12-10-16-17(4-2)11-12/h10-11,15H,3-9H2,1-2H3. The van der Waals surface area contributed by atoms with E-state index >= 15 is 0 Å². The van der Waals surface area contributed by atoms with Crippen LogP contribution in [-0.2, 0) is 6.54 Å². The smallest absolute Gasteiger partial charge is 0.172 e. The number of aryl methyl sites for hydroxylation is 1. The van der Waals surface area contributed by atoms with Gasteiger partial charge in [-0.3, -0.25) is 9.48 Å². The number of carbonyl (C=O) groups excluding carboxylic acids is 1. The molecule has 0 saturated carbocycles. The Morgan fingerprint density at radius 3 is 2.72 bits per heavy atom. The van der Waals surface area contributed by atoms with E-state index in [9.17, 15) is 4.79 Å². The van der Waals surface area contributed by atoms with Crippen molar-refractivity contribution in [3.05, 3.63) is 18.0 Å². The summed E-state index contributed by atoms with van der Waals surface area (Å²) >= 11 is 0. The minimum atomic E-state index is -0.151. The Morgan fingerprint density at radius 1 is 1.44 bits per heavy atom. The van der Waals surface area contributed by atoms with E-state index in [4.69, 9.17) is 0 Å². The highest BCUT2D eigenvalue weighted by Gasteiger charge is 2.39. The van der Waals surface area contributed by atoms with E-state index in [-0.39, 0.29) is 5.41 Å². The number of nitrogens with zero attached hydrogens (tertiary/aromatic N) is 2. The number of carbonyl (C=O) groups is 1. The van der Waals surface area contributed by atoms with E-state index in [2.05, 4.69) is 17.3 Å². The molecule has 0 atom stereocenters. The van der Waals surface area contributed by atoms with Crippen molar-refractivity contribution in [2.24, 2.45) is 5.41 Å². The molecular formula is C14H23N3O. The largest absolute Gasteiger partial charge is 0.317 e. The molecule has 1 aliphatic rings. The van der Waals surface area contributed by atoms with E-state index in [1.54, 1.807) is 6.20 Å². The van der Waals surface area contributed by atoms with Crippen LogP contribution in [0.4, 0.5) is 0 Å². The molecule has 1 fully saturated rings. The first-order chi connectivity index (χ1) is 8.72. The van der Waals surface area contributed by atoms with Crippen molar-refractivity contribution in [3.63, 3.8) is 0 Å². The summed E-state index contributed by atoms with van der Waals surface area (Å²) in [5.41, 5.74) is 0.633. The molecule has 2 heterocycles. The predicted molar refractivity (Wildman–Crippen MR) is 71.7 cm³/mol. The molecule has 0 amide bonds. The van der Waals surface area contributed by atoms with E-state index in [1.807, 2.05) is 17.8 Å². The van der Waals surface area contributed by atoms with Crippen molar-refractivity contribution < 1.29 is 4.79 Å². The Bertz CT molecular complexity index is 399. The summed E-state index contributed by atoms with van der Waals surface area (Å²) in [5, 5.41) is 7.57. The van der Waals surface area contributed by atoms with E-state index in [1.165, 1.54) is 0 Å². The van der Waals surface area contributed by atoms with Crippen LogP contribution in [0.2, 0.25) is 0 Å². The summed E-state index contributed by atoms with van der Waals surface area (Å²) in [6, 6.07) is 0. The third-order valence-corrected chi connectivity index (χ3v) is 3.99. The maximum atomic E-state index is 12.8. The highest BCUT2D eigenvalue weighted by atomic mass is 16.1. The van der Waals surface area contributed by atoms with Gasteiger partial charge in [-0.25, -0.2) is 0 Å². The van der Waals surface area contributed by atoms with Gasteiger partial charge in [-0.1, -0.05) is 13.3 Å². The van der Waals surface area contributed by atoms with Crippen molar-refractivity contribution in [2.75, 3.05) is 13.1 Å². The lowest BCUT2D eigenvalue weighted by molar-refractivity contribution is 0.0704. The van der Waals surface area contributed by atoms with Crippen LogP contribution >= 0.6 is 0 Å². The molecule has 100 valence electrons. The van der Waals surface area contributed by atoms with Gasteiger partial charge in [0.05, 0.1) is 11.8 Å². The number of ketones is 1. The fraction of sp³-hybridized carbons (Fsp3) is 0.714. The Hall–Kier alpha value is -1.16. The second-order valence-electron chi connectivity index (χ2n) is 5.19. The van der Waals surface area contributed by atoms with E-state index < -0.39 is 0 Å².